The van der Waals surface area contributed by atoms with Crippen LogP contribution in [0.5, 0.6) is 0 Å². The molecule has 1 saturated heterocycles. The largest absolute Gasteiger partial charge is 0.478 e. The van der Waals surface area contributed by atoms with Crippen molar-refractivity contribution in [3.05, 3.63) is 29.3 Å². The zero-order valence-electron chi connectivity index (χ0n) is 10.2. The van der Waals surface area contributed by atoms with Crippen LogP contribution in [0.2, 0.25) is 0 Å². The van der Waals surface area contributed by atoms with Gasteiger partial charge in [0, 0.05) is 19.0 Å². The van der Waals surface area contributed by atoms with Gasteiger partial charge in [-0.25, -0.2) is 13.6 Å². The second kappa shape index (κ2) is 5.02. The molecule has 1 heterocycles. The van der Waals surface area contributed by atoms with Gasteiger partial charge in [-0.15, -0.1) is 3.89 Å². The molecular formula is C11H8F3NO5S. The molecule has 0 bridgehead atoms. The van der Waals surface area contributed by atoms with E-state index in [2.05, 4.69) is 0 Å². The van der Waals surface area contributed by atoms with Gasteiger partial charge >= 0.3 is 16.2 Å². The molecule has 0 aromatic heterocycles. The third kappa shape index (κ3) is 2.84. The Kier molecular flexibility index (Phi) is 3.66. The van der Waals surface area contributed by atoms with Crippen LogP contribution in [-0.4, -0.2) is 37.2 Å². The van der Waals surface area contributed by atoms with Gasteiger partial charge in [0.15, 0.2) is 0 Å². The van der Waals surface area contributed by atoms with Gasteiger partial charge in [-0.1, -0.05) is 0 Å². The molecule has 1 N–H and O–H groups in total. The number of hydrogen-bond donors (Lipinski definition) is 1. The summed E-state index contributed by atoms with van der Waals surface area (Å²) in [5, 5.41) is 7.09. The third-order valence-corrected chi connectivity index (χ3v) is 4.16. The van der Waals surface area contributed by atoms with Gasteiger partial charge in [-0.3, -0.25) is 4.79 Å². The Hall–Kier alpha value is -2.10. The number of hydrogen-bond acceptors (Lipinski definition) is 4. The number of carboxylic acids is 1. The molecule has 0 saturated carbocycles. The molecule has 1 fully saturated rings. The molecule has 2 rings (SSSR count). The first-order chi connectivity index (χ1) is 9.61. The molecule has 0 spiro atoms. The summed E-state index contributed by atoms with van der Waals surface area (Å²) in [6.45, 7) is -0.667. The Morgan fingerprint density at radius 3 is 2.38 bits per heavy atom. The van der Waals surface area contributed by atoms with E-state index in [9.17, 15) is 30.7 Å². The van der Waals surface area contributed by atoms with E-state index in [1.807, 2.05) is 0 Å². The van der Waals surface area contributed by atoms with Crippen LogP contribution in [-0.2, 0) is 15.0 Å². The fourth-order valence-electron chi connectivity index (χ4n) is 2.00. The Morgan fingerprint density at radius 2 is 1.90 bits per heavy atom. The van der Waals surface area contributed by atoms with Gasteiger partial charge in [0.05, 0.1) is 11.3 Å². The minimum atomic E-state index is -5.00. The lowest BCUT2D eigenvalue weighted by molar-refractivity contribution is -0.117. The van der Waals surface area contributed by atoms with Crippen LogP contribution >= 0.6 is 0 Å². The van der Waals surface area contributed by atoms with E-state index in [-0.39, 0.29) is 6.07 Å². The Bertz CT molecular complexity index is 734. The van der Waals surface area contributed by atoms with Crippen molar-refractivity contribution in [2.45, 2.75) is 11.7 Å². The van der Waals surface area contributed by atoms with Crippen molar-refractivity contribution >= 4 is 27.8 Å². The van der Waals surface area contributed by atoms with Crippen molar-refractivity contribution in [2.75, 3.05) is 11.4 Å². The fraction of sp³-hybridized carbons (Fsp3) is 0.273. The number of rotatable bonds is 3. The van der Waals surface area contributed by atoms with Gasteiger partial charge in [0.2, 0.25) is 5.91 Å². The Labute approximate surface area is 117 Å². The fourth-order valence-corrected chi connectivity index (χ4v) is 2.67. The van der Waals surface area contributed by atoms with Crippen molar-refractivity contribution in [3.63, 3.8) is 0 Å². The molecular weight excluding hydrogens is 315 g/mol. The maximum atomic E-state index is 13.7. The van der Waals surface area contributed by atoms with E-state index in [1.165, 1.54) is 0 Å². The summed E-state index contributed by atoms with van der Waals surface area (Å²) in [7, 11) is -5.00. The van der Waals surface area contributed by atoms with E-state index in [1.54, 1.807) is 0 Å². The number of carbonyl (C=O) groups is 2. The SMILES string of the molecule is O=C(O)c1cc(N2CC(S(=O)(=O)F)CC2=O)c(F)cc1F. The second-order valence-electron chi connectivity index (χ2n) is 4.39. The molecule has 6 nitrogen and oxygen atoms in total. The van der Waals surface area contributed by atoms with E-state index in [0.717, 1.165) is 0 Å². The van der Waals surface area contributed by atoms with E-state index in [0.29, 0.717) is 11.0 Å². The summed E-state index contributed by atoms with van der Waals surface area (Å²) in [6.07, 6.45) is -0.696. The van der Waals surface area contributed by atoms with Crippen LogP contribution in [0, 0.1) is 11.6 Å². The molecule has 1 aliphatic rings. The van der Waals surface area contributed by atoms with Crippen molar-refractivity contribution in [2.24, 2.45) is 0 Å². The minimum absolute atomic E-state index is 0.267. The van der Waals surface area contributed by atoms with Gasteiger partial charge in [0.25, 0.3) is 0 Å². The lowest BCUT2D eigenvalue weighted by Crippen LogP contribution is -2.28. The molecule has 1 aliphatic heterocycles. The summed E-state index contributed by atoms with van der Waals surface area (Å²) < 4.78 is 61.4. The number of amides is 1. The lowest BCUT2D eigenvalue weighted by atomic mass is 10.1. The number of carboxylic acid groups (broad SMARTS) is 1. The van der Waals surface area contributed by atoms with Crippen LogP contribution in [0.3, 0.4) is 0 Å². The smallest absolute Gasteiger partial charge is 0.338 e. The highest BCUT2D eigenvalue weighted by atomic mass is 32.3. The number of aromatic carboxylic acids is 1. The summed E-state index contributed by atoms with van der Waals surface area (Å²) in [5.41, 5.74) is -1.49. The average molecular weight is 323 g/mol. The second-order valence-corrected chi connectivity index (χ2v) is 6.01. The summed E-state index contributed by atoms with van der Waals surface area (Å²) >= 11 is 0. The number of carbonyl (C=O) groups excluding carboxylic acids is 1. The molecule has 0 aliphatic carbocycles. The molecule has 114 valence electrons. The molecule has 0 radical (unpaired) electrons. The first kappa shape index (κ1) is 15.3. The van der Waals surface area contributed by atoms with Crippen LogP contribution < -0.4 is 4.90 Å². The normalized spacial score (nSPS) is 19.1. The lowest BCUT2D eigenvalue weighted by Gasteiger charge is -2.17. The summed E-state index contributed by atoms with van der Waals surface area (Å²) in [4.78, 5) is 23.0. The average Bonchev–Trinajstić information content (AvgIpc) is 2.70. The predicted octanol–water partition coefficient (Wildman–Crippen LogP) is 1.07. The molecule has 10 heteroatoms. The molecule has 1 amide bonds. The quantitative estimate of drug-likeness (QED) is 0.840. The number of nitrogens with zero attached hydrogens (tertiary/aromatic N) is 1. The predicted molar refractivity (Wildman–Crippen MR) is 64.1 cm³/mol. The summed E-state index contributed by atoms with van der Waals surface area (Å²) in [6, 6.07) is 0.835. The Balaban J connectivity index is 2.45. The number of halogens is 3. The molecule has 1 aromatic carbocycles. The van der Waals surface area contributed by atoms with E-state index in [4.69, 9.17) is 5.11 Å². The van der Waals surface area contributed by atoms with Crippen LogP contribution in [0.1, 0.15) is 16.8 Å². The van der Waals surface area contributed by atoms with Crippen LogP contribution in [0.25, 0.3) is 0 Å². The monoisotopic (exact) mass is 323 g/mol. The number of benzene rings is 1. The first-order valence-corrected chi connectivity index (χ1v) is 7.02. The third-order valence-electron chi connectivity index (χ3n) is 3.05. The van der Waals surface area contributed by atoms with Gasteiger partial charge in [0.1, 0.15) is 16.9 Å². The van der Waals surface area contributed by atoms with Crippen molar-refractivity contribution in [1.82, 2.24) is 0 Å². The first-order valence-electron chi connectivity index (χ1n) is 5.57. The summed E-state index contributed by atoms with van der Waals surface area (Å²) in [5.74, 6) is -5.18. The molecule has 1 unspecified atom stereocenters. The minimum Gasteiger partial charge on any atom is -0.478 e. The highest BCUT2D eigenvalue weighted by Gasteiger charge is 2.40. The molecule has 1 aromatic rings. The zero-order valence-corrected chi connectivity index (χ0v) is 11.0. The highest BCUT2D eigenvalue weighted by molar-refractivity contribution is 7.87. The van der Waals surface area contributed by atoms with Crippen molar-refractivity contribution < 1.29 is 35.8 Å². The maximum Gasteiger partial charge on any atom is 0.338 e. The standard InChI is InChI=1S/C11H8F3NO5S/c12-7-3-8(13)9(2-6(7)11(17)18)15-4-5(1-10(15)16)21(14,19)20/h2-3,5H,1,4H2,(H,17,18). The molecule has 1 atom stereocenters. The zero-order chi connectivity index (χ0) is 15.9. The van der Waals surface area contributed by atoms with Gasteiger partial charge < -0.3 is 10.0 Å². The van der Waals surface area contributed by atoms with Crippen molar-refractivity contribution in [3.8, 4) is 0 Å². The van der Waals surface area contributed by atoms with E-state index < -0.39 is 63.2 Å². The highest BCUT2D eigenvalue weighted by Crippen LogP contribution is 2.29. The van der Waals surface area contributed by atoms with Crippen LogP contribution in [0.4, 0.5) is 18.4 Å². The van der Waals surface area contributed by atoms with Crippen LogP contribution in [0.15, 0.2) is 12.1 Å². The van der Waals surface area contributed by atoms with Gasteiger partial charge in [-0.05, 0) is 6.07 Å². The van der Waals surface area contributed by atoms with E-state index >= 15 is 0 Å². The van der Waals surface area contributed by atoms with Crippen molar-refractivity contribution in [1.29, 1.82) is 0 Å². The Morgan fingerprint density at radius 1 is 1.29 bits per heavy atom. The molecule has 21 heavy (non-hydrogen) atoms. The van der Waals surface area contributed by atoms with Gasteiger partial charge in [-0.2, -0.15) is 8.42 Å². The maximum absolute atomic E-state index is 13.7. The number of anilines is 1. The topological polar surface area (TPSA) is 91.8 Å².